The molecular formula is C23H18Cl3N3S. The second-order valence-electron chi connectivity index (χ2n) is 7.24. The average molecular weight is 475 g/mol. The molecule has 0 unspecified atom stereocenters. The van der Waals surface area contributed by atoms with Gasteiger partial charge >= 0.3 is 0 Å². The molecule has 152 valence electrons. The Morgan fingerprint density at radius 1 is 1.10 bits per heavy atom. The maximum absolute atomic E-state index is 10.1. The fraction of sp³-hybridized carbons (Fsp3) is 0.217. The molecule has 2 heterocycles. The zero-order valence-corrected chi connectivity index (χ0v) is 19.3. The molecule has 3 nitrogen and oxygen atoms in total. The molecule has 1 aromatic heterocycles. The van der Waals surface area contributed by atoms with Crippen LogP contribution in [-0.4, -0.2) is 23.5 Å². The first kappa shape index (κ1) is 21.5. The summed E-state index contributed by atoms with van der Waals surface area (Å²) in [4.78, 5) is 7.16. The van der Waals surface area contributed by atoms with E-state index in [4.69, 9.17) is 39.8 Å². The van der Waals surface area contributed by atoms with E-state index in [1.807, 2.05) is 36.4 Å². The Hall–Kier alpha value is -1.74. The predicted molar refractivity (Wildman–Crippen MR) is 125 cm³/mol. The maximum Gasteiger partial charge on any atom is 0.115 e. The number of thioether (sulfide) groups is 1. The minimum absolute atomic E-state index is 0.526. The van der Waals surface area contributed by atoms with Crippen molar-refractivity contribution in [1.29, 1.82) is 5.26 Å². The van der Waals surface area contributed by atoms with Gasteiger partial charge in [0.15, 0.2) is 0 Å². The van der Waals surface area contributed by atoms with Crippen molar-refractivity contribution >= 4 is 46.6 Å². The van der Waals surface area contributed by atoms with E-state index in [1.54, 1.807) is 17.8 Å². The van der Waals surface area contributed by atoms with Crippen LogP contribution in [0.3, 0.4) is 0 Å². The SMILES string of the molecule is CN1CCc2nc(SCc3ccc(Cl)c(Cl)c3)c(C#N)c(-c3ccc(Cl)cc3)c2C1. The number of fused-ring (bicyclic) bond motifs is 1. The van der Waals surface area contributed by atoms with E-state index in [-0.39, 0.29) is 0 Å². The van der Waals surface area contributed by atoms with Gasteiger partial charge in [0.25, 0.3) is 0 Å². The van der Waals surface area contributed by atoms with Crippen LogP contribution in [0.15, 0.2) is 47.5 Å². The quantitative estimate of drug-likeness (QED) is 0.387. The molecule has 0 atom stereocenters. The van der Waals surface area contributed by atoms with Gasteiger partial charge in [0.05, 0.1) is 15.6 Å². The first-order valence-corrected chi connectivity index (χ1v) is 11.5. The van der Waals surface area contributed by atoms with Crippen molar-refractivity contribution in [2.45, 2.75) is 23.7 Å². The third kappa shape index (κ3) is 4.46. The fourth-order valence-electron chi connectivity index (χ4n) is 3.60. The van der Waals surface area contributed by atoms with Gasteiger partial charge in [-0.1, -0.05) is 53.0 Å². The molecule has 0 radical (unpaired) electrons. The average Bonchev–Trinajstić information content (AvgIpc) is 2.74. The zero-order chi connectivity index (χ0) is 21.3. The highest BCUT2D eigenvalue weighted by molar-refractivity contribution is 7.98. The summed E-state index contributed by atoms with van der Waals surface area (Å²) < 4.78 is 0. The summed E-state index contributed by atoms with van der Waals surface area (Å²) in [5, 5.41) is 12.6. The summed E-state index contributed by atoms with van der Waals surface area (Å²) >= 11 is 19.8. The number of hydrogen-bond donors (Lipinski definition) is 0. The molecule has 4 rings (SSSR count). The minimum Gasteiger partial charge on any atom is -0.302 e. The number of halogens is 3. The van der Waals surface area contributed by atoms with Gasteiger partial charge in [0, 0.05) is 41.5 Å². The van der Waals surface area contributed by atoms with E-state index in [9.17, 15) is 5.26 Å². The van der Waals surface area contributed by atoms with Crippen LogP contribution in [0, 0.1) is 11.3 Å². The minimum atomic E-state index is 0.526. The smallest absolute Gasteiger partial charge is 0.115 e. The summed E-state index contributed by atoms with van der Waals surface area (Å²) in [7, 11) is 2.09. The van der Waals surface area contributed by atoms with Crippen LogP contribution in [0.25, 0.3) is 11.1 Å². The Balaban J connectivity index is 1.79. The van der Waals surface area contributed by atoms with Crippen molar-refractivity contribution in [3.8, 4) is 17.2 Å². The first-order chi connectivity index (χ1) is 14.5. The monoisotopic (exact) mass is 473 g/mol. The molecule has 0 N–H and O–H groups in total. The Morgan fingerprint density at radius 3 is 2.57 bits per heavy atom. The van der Waals surface area contributed by atoms with Crippen LogP contribution in [0.2, 0.25) is 15.1 Å². The van der Waals surface area contributed by atoms with Crippen LogP contribution in [-0.2, 0) is 18.7 Å². The molecule has 0 spiro atoms. The summed E-state index contributed by atoms with van der Waals surface area (Å²) in [5.74, 6) is 0.650. The van der Waals surface area contributed by atoms with E-state index in [1.165, 1.54) is 0 Å². The summed E-state index contributed by atoms with van der Waals surface area (Å²) in [6.07, 6.45) is 0.860. The van der Waals surface area contributed by atoms with Crippen LogP contribution >= 0.6 is 46.6 Å². The second-order valence-corrected chi connectivity index (χ2v) is 9.45. The molecule has 0 saturated carbocycles. The Kier molecular flexibility index (Phi) is 6.57. The zero-order valence-electron chi connectivity index (χ0n) is 16.3. The van der Waals surface area contributed by atoms with Gasteiger partial charge in [-0.3, -0.25) is 0 Å². The number of hydrogen-bond acceptors (Lipinski definition) is 4. The molecule has 0 bridgehead atoms. The number of pyridine rings is 1. The molecule has 0 amide bonds. The van der Waals surface area contributed by atoms with Gasteiger partial charge in [-0.2, -0.15) is 5.26 Å². The van der Waals surface area contributed by atoms with E-state index in [0.717, 1.165) is 52.5 Å². The lowest BCUT2D eigenvalue weighted by molar-refractivity contribution is 0.309. The number of nitriles is 1. The standard InChI is InChI=1S/C23H18Cl3N3S/c1-29-9-8-21-18(12-29)22(15-3-5-16(24)6-4-15)17(11-27)23(28-21)30-13-14-2-7-19(25)20(26)10-14/h2-7,10H,8-9,12-13H2,1H3. The third-order valence-corrected chi connectivity index (χ3v) is 7.15. The highest BCUT2D eigenvalue weighted by Crippen LogP contribution is 2.38. The topological polar surface area (TPSA) is 39.9 Å². The molecule has 1 aliphatic rings. The molecule has 1 aliphatic heterocycles. The molecule has 0 saturated heterocycles. The highest BCUT2D eigenvalue weighted by Gasteiger charge is 2.25. The number of benzene rings is 2. The molecular weight excluding hydrogens is 457 g/mol. The van der Waals surface area contributed by atoms with Crippen molar-refractivity contribution in [3.63, 3.8) is 0 Å². The van der Waals surface area contributed by atoms with Gasteiger partial charge < -0.3 is 4.90 Å². The number of likely N-dealkylation sites (N-methyl/N-ethyl adjacent to an activating group) is 1. The Labute approximate surface area is 195 Å². The van der Waals surface area contributed by atoms with E-state index < -0.39 is 0 Å². The molecule has 3 aromatic rings. The molecule has 30 heavy (non-hydrogen) atoms. The van der Waals surface area contributed by atoms with E-state index >= 15 is 0 Å². The summed E-state index contributed by atoms with van der Waals surface area (Å²) in [6, 6.07) is 15.7. The molecule has 2 aromatic carbocycles. The fourth-order valence-corrected chi connectivity index (χ4v) is 4.99. The largest absolute Gasteiger partial charge is 0.302 e. The molecule has 0 fully saturated rings. The van der Waals surface area contributed by atoms with Crippen molar-refractivity contribution in [2.75, 3.05) is 13.6 Å². The van der Waals surface area contributed by atoms with E-state index in [0.29, 0.717) is 26.4 Å². The van der Waals surface area contributed by atoms with Gasteiger partial charge in [-0.25, -0.2) is 4.98 Å². The predicted octanol–water partition coefficient (Wildman–Crippen LogP) is 6.86. The maximum atomic E-state index is 10.1. The summed E-state index contributed by atoms with van der Waals surface area (Å²) in [5.41, 5.74) is 5.78. The van der Waals surface area contributed by atoms with Gasteiger partial charge in [0.1, 0.15) is 11.1 Å². The van der Waals surface area contributed by atoms with Gasteiger partial charge in [-0.05, 0) is 48.0 Å². The van der Waals surface area contributed by atoms with Crippen molar-refractivity contribution in [1.82, 2.24) is 9.88 Å². The Morgan fingerprint density at radius 2 is 1.87 bits per heavy atom. The molecule has 7 heteroatoms. The van der Waals surface area contributed by atoms with Gasteiger partial charge in [-0.15, -0.1) is 11.8 Å². The van der Waals surface area contributed by atoms with Crippen LogP contribution in [0.1, 0.15) is 22.4 Å². The van der Waals surface area contributed by atoms with Crippen LogP contribution in [0.5, 0.6) is 0 Å². The number of aromatic nitrogens is 1. The highest BCUT2D eigenvalue weighted by atomic mass is 35.5. The van der Waals surface area contributed by atoms with Crippen molar-refractivity contribution in [3.05, 3.63) is 79.9 Å². The lowest BCUT2D eigenvalue weighted by atomic mass is 9.92. The van der Waals surface area contributed by atoms with Crippen molar-refractivity contribution in [2.24, 2.45) is 0 Å². The lowest BCUT2D eigenvalue weighted by Crippen LogP contribution is -2.28. The lowest BCUT2D eigenvalue weighted by Gasteiger charge is -2.28. The number of rotatable bonds is 4. The summed E-state index contributed by atoms with van der Waals surface area (Å²) in [6.45, 7) is 1.72. The van der Waals surface area contributed by atoms with Crippen molar-refractivity contribution < 1.29 is 0 Å². The second kappa shape index (κ2) is 9.18. The van der Waals surface area contributed by atoms with Gasteiger partial charge in [0.2, 0.25) is 0 Å². The van der Waals surface area contributed by atoms with Crippen LogP contribution < -0.4 is 0 Å². The third-order valence-electron chi connectivity index (χ3n) is 5.11. The van der Waals surface area contributed by atoms with Crippen LogP contribution in [0.4, 0.5) is 0 Å². The number of nitrogens with zero attached hydrogens (tertiary/aromatic N) is 3. The van der Waals surface area contributed by atoms with E-state index in [2.05, 4.69) is 18.0 Å². The Bertz CT molecular complexity index is 1140. The first-order valence-electron chi connectivity index (χ1n) is 9.43. The molecule has 0 aliphatic carbocycles. The normalized spacial score (nSPS) is 13.7.